The fourth-order valence-electron chi connectivity index (χ4n) is 2.65. The van der Waals surface area contributed by atoms with Gasteiger partial charge in [0, 0.05) is 31.8 Å². The van der Waals surface area contributed by atoms with Gasteiger partial charge >= 0.3 is 0 Å². The smallest absolute Gasteiger partial charge is 0.251 e. The maximum atomic E-state index is 12.2. The molecule has 4 nitrogen and oxygen atoms in total. The van der Waals surface area contributed by atoms with E-state index in [2.05, 4.69) is 19.2 Å². The summed E-state index contributed by atoms with van der Waals surface area (Å²) >= 11 is 0. The number of rotatable bonds is 1. The second-order valence-electron chi connectivity index (χ2n) is 5.07. The quantitative estimate of drug-likeness (QED) is 0.772. The van der Waals surface area contributed by atoms with Crippen LogP contribution in [0.5, 0.6) is 0 Å². The number of ether oxygens (including phenoxy) is 1. The fourth-order valence-corrected chi connectivity index (χ4v) is 2.65. The predicted molar refractivity (Wildman–Crippen MR) is 69.5 cm³/mol. The van der Waals surface area contributed by atoms with Gasteiger partial charge in [0.15, 0.2) is 0 Å². The number of nitrogens with zero attached hydrogens (tertiary/aromatic N) is 1. The number of carbonyl (C=O) groups is 1. The van der Waals surface area contributed by atoms with Crippen molar-refractivity contribution in [2.45, 2.75) is 51.3 Å². The van der Waals surface area contributed by atoms with E-state index in [0.717, 1.165) is 39.0 Å². The van der Waals surface area contributed by atoms with Gasteiger partial charge in [0.25, 0.3) is 5.91 Å². The summed E-state index contributed by atoms with van der Waals surface area (Å²) in [5, 5.41) is 3.43. The Hall–Kier alpha value is -0.320. The molecule has 0 aromatic heterocycles. The summed E-state index contributed by atoms with van der Waals surface area (Å²) in [6, 6.07) is 0.771. The lowest BCUT2D eigenvalue weighted by molar-refractivity contribution is -0.148. The molecule has 0 aromatic rings. The third-order valence-corrected chi connectivity index (χ3v) is 3.32. The van der Waals surface area contributed by atoms with Crippen molar-refractivity contribution in [1.82, 2.24) is 10.2 Å². The first-order valence-electron chi connectivity index (χ1n) is 6.33. The SMILES string of the molecule is CC1CN(C(=O)C2CCCCO2)CC(C)N1.Cl. The van der Waals surface area contributed by atoms with Gasteiger partial charge in [0.05, 0.1) is 0 Å². The molecule has 2 aliphatic rings. The first-order chi connectivity index (χ1) is 7.66. The zero-order valence-electron chi connectivity index (χ0n) is 10.6. The van der Waals surface area contributed by atoms with Crippen LogP contribution in [0.4, 0.5) is 0 Å². The van der Waals surface area contributed by atoms with Crippen molar-refractivity contribution in [3.05, 3.63) is 0 Å². The molecular weight excluding hydrogens is 240 g/mol. The number of amides is 1. The van der Waals surface area contributed by atoms with Crippen LogP contribution in [0.25, 0.3) is 0 Å². The second-order valence-corrected chi connectivity index (χ2v) is 5.07. The molecule has 2 saturated heterocycles. The number of halogens is 1. The van der Waals surface area contributed by atoms with Crippen molar-refractivity contribution in [3.63, 3.8) is 0 Å². The summed E-state index contributed by atoms with van der Waals surface area (Å²) in [4.78, 5) is 14.2. The van der Waals surface area contributed by atoms with Crippen LogP contribution >= 0.6 is 12.4 Å². The number of hydrogen-bond acceptors (Lipinski definition) is 3. The van der Waals surface area contributed by atoms with E-state index in [1.807, 2.05) is 4.90 Å². The Labute approximate surface area is 109 Å². The second kappa shape index (κ2) is 6.57. The van der Waals surface area contributed by atoms with E-state index in [4.69, 9.17) is 4.74 Å². The molecule has 1 N–H and O–H groups in total. The van der Waals surface area contributed by atoms with E-state index in [1.54, 1.807) is 0 Å². The molecule has 2 aliphatic heterocycles. The molecule has 0 radical (unpaired) electrons. The Morgan fingerprint density at radius 2 is 1.88 bits per heavy atom. The van der Waals surface area contributed by atoms with Crippen LogP contribution in [0.15, 0.2) is 0 Å². The largest absolute Gasteiger partial charge is 0.368 e. The Bertz CT molecular complexity index is 247. The molecule has 0 aromatic carbocycles. The van der Waals surface area contributed by atoms with Crippen LogP contribution in [0.3, 0.4) is 0 Å². The molecule has 0 bridgehead atoms. The van der Waals surface area contributed by atoms with Gasteiger partial charge in [-0.15, -0.1) is 12.4 Å². The van der Waals surface area contributed by atoms with Gasteiger partial charge in [0.2, 0.25) is 0 Å². The van der Waals surface area contributed by atoms with Crippen molar-refractivity contribution >= 4 is 18.3 Å². The summed E-state index contributed by atoms with van der Waals surface area (Å²) in [7, 11) is 0. The lowest BCUT2D eigenvalue weighted by Gasteiger charge is -2.38. The lowest BCUT2D eigenvalue weighted by atomic mass is 10.1. The first-order valence-corrected chi connectivity index (χ1v) is 6.33. The van der Waals surface area contributed by atoms with E-state index in [-0.39, 0.29) is 24.4 Å². The zero-order chi connectivity index (χ0) is 11.5. The van der Waals surface area contributed by atoms with Gasteiger partial charge in [0.1, 0.15) is 6.10 Å². The molecule has 0 saturated carbocycles. The summed E-state index contributed by atoms with van der Waals surface area (Å²) in [6.07, 6.45) is 2.93. The maximum Gasteiger partial charge on any atom is 0.251 e. The maximum absolute atomic E-state index is 12.2. The van der Waals surface area contributed by atoms with Gasteiger partial charge < -0.3 is 15.0 Å². The average molecular weight is 263 g/mol. The molecule has 2 rings (SSSR count). The number of carbonyl (C=O) groups excluding carboxylic acids is 1. The highest BCUT2D eigenvalue weighted by molar-refractivity contribution is 5.85. The minimum absolute atomic E-state index is 0. The number of piperazine rings is 1. The molecule has 0 aliphatic carbocycles. The van der Waals surface area contributed by atoms with Crippen LogP contribution in [0.2, 0.25) is 0 Å². The van der Waals surface area contributed by atoms with E-state index >= 15 is 0 Å². The molecule has 1 amide bonds. The third-order valence-electron chi connectivity index (χ3n) is 3.32. The molecule has 2 fully saturated rings. The van der Waals surface area contributed by atoms with Crippen LogP contribution in [0.1, 0.15) is 33.1 Å². The molecule has 100 valence electrons. The van der Waals surface area contributed by atoms with E-state index in [1.165, 1.54) is 0 Å². The topological polar surface area (TPSA) is 41.6 Å². The number of nitrogens with one attached hydrogen (secondary N) is 1. The molecule has 17 heavy (non-hydrogen) atoms. The normalized spacial score (nSPS) is 34.0. The monoisotopic (exact) mass is 262 g/mol. The Kier molecular flexibility index (Phi) is 5.70. The van der Waals surface area contributed by atoms with Gasteiger partial charge in [-0.1, -0.05) is 0 Å². The fraction of sp³-hybridized carbons (Fsp3) is 0.917. The predicted octanol–water partition coefficient (Wildman–Crippen LogP) is 1.19. The highest BCUT2D eigenvalue weighted by atomic mass is 35.5. The lowest BCUT2D eigenvalue weighted by Crippen LogP contribution is -2.58. The van der Waals surface area contributed by atoms with Gasteiger partial charge in [-0.2, -0.15) is 0 Å². The minimum atomic E-state index is -0.175. The average Bonchev–Trinajstić information content (AvgIpc) is 2.28. The third kappa shape index (κ3) is 3.83. The van der Waals surface area contributed by atoms with E-state index < -0.39 is 0 Å². The van der Waals surface area contributed by atoms with Crippen LogP contribution in [-0.4, -0.2) is 48.7 Å². The van der Waals surface area contributed by atoms with Crippen LogP contribution < -0.4 is 5.32 Å². The molecule has 5 heteroatoms. The molecule has 3 unspecified atom stereocenters. The highest BCUT2D eigenvalue weighted by Crippen LogP contribution is 2.16. The Morgan fingerprint density at radius 1 is 1.24 bits per heavy atom. The number of hydrogen-bond donors (Lipinski definition) is 1. The van der Waals surface area contributed by atoms with E-state index in [0.29, 0.717) is 12.1 Å². The standard InChI is InChI=1S/C12H22N2O2.ClH/c1-9-7-14(8-10(2)13-9)12(15)11-5-3-4-6-16-11;/h9-11,13H,3-8H2,1-2H3;1H. The highest BCUT2D eigenvalue weighted by Gasteiger charge is 2.31. The summed E-state index contributed by atoms with van der Waals surface area (Å²) in [6.45, 7) is 6.61. The van der Waals surface area contributed by atoms with Gasteiger partial charge in [-0.05, 0) is 33.1 Å². The van der Waals surface area contributed by atoms with Crippen LogP contribution in [0, 0.1) is 0 Å². The Balaban J connectivity index is 0.00000144. The van der Waals surface area contributed by atoms with Crippen molar-refractivity contribution < 1.29 is 9.53 Å². The van der Waals surface area contributed by atoms with Gasteiger partial charge in [-0.25, -0.2) is 0 Å². The van der Waals surface area contributed by atoms with Crippen molar-refractivity contribution in [2.24, 2.45) is 0 Å². The zero-order valence-corrected chi connectivity index (χ0v) is 11.5. The van der Waals surface area contributed by atoms with Crippen molar-refractivity contribution in [1.29, 1.82) is 0 Å². The first kappa shape index (κ1) is 14.7. The van der Waals surface area contributed by atoms with Crippen molar-refractivity contribution in [2.75, 3.05) is 19.7 Å². The van der Waals surface area contributed by atoms with E-state index in [9.17, 15) is 4.79 Å². The molecule has 3 atom stereocenters. The summed E-state index contributed by atoms with van der Waals surface area (Å²) in [5.74, 6) is 0.194. The summed E-state index contributed by atoms with van der Waals surface area (Å²) in [5.41, 5.74) is 0. The molecular formula is C12H23ClN2O2. The minimum Gasteiger partial charge on any atom is -0.368 e. The summed E-state index contributed by atoms with van der Waals surface area (Å²) < 4.78 is 5.55. The van der Waals surface area contributed by atoms with Crippen molar-refractivity contribution in [3.8, 4) is 0 Å². The molecule has 2 heterocycles. The van der Waals surface area contributed by atoms with Crippen LogP contribution in [-0.2, 0) is 9.53 Å². The Morgan fingerprint density at radius 3 is 2.41 bits per heavy atom. The molecule has 0 spiro atoms. The van der Waals surface area contributed by atoms with Gasteiger partial charge in [-0.3, -0.25) is 4.79 Å².